The van der Waals surface area contributed by atoms with Gasteiger partial charge in [-0.2, -0.15) is 0 Å². The van der Waals surface area contributed by atoms with E-state index in [0.717, 1.165) is 5.56 Å². The number of nitrogen functional groups attached to an aromatic ring is 1. The molecule has 0 saturated carbocycles. The topological polar surface area (TPSA) is 50.9 Å². The van der Waals surface area contributed by atoms with Gasteiger partial charge >= 0.3 is 0 Å². The lowest BCUT2D eigenvalue weighted by molar-refractivity contribution is 0.622. The Kier molecular flexibility index (Phi) is 3.28. The van der Waals surface area contributed by atoms with E-state index in [2.05, 4.69) is 26.2 Å². The molecule has 3 nitrogen and oxygen atoms in total. The molecule has 1 heterocycles. The normalized spacial score (nSPS) is 10.3. The van der Waals surface area contributed by atoms with Crippen LogP contribution in [-0.4, -0.2) is 4.98 Å². The number of nitrogens with zero attached hydrogens (tertiary/aromatic N) is 1. The van der Waals surface area contributed by atoms with Gasteiger partial charge in [0.1, 0.15) is 11.6 Å². The van der Waals surface area contributed by atoms with Gasteiger partial charge in [0.25, 0.3) is 0 Å². The van der Waals surface area contributed by atoms with Crippen LogP contribution in [0.15, 0.2) is 34.9 Å². The number of nitrogens with two attached hydrogens (primary N) is 1. The van der Waals surface area contributed by atoms with Crippen molar-refractivity contribution in [3.63, 3.8) is 0 Å². The first kappa shape index (κ1) is 11.9. The van der Waals surface area contributed by atoms with Crippen LogP contribution in [0.3, 0.4) is 0 Å². The first-order valence-electron chi connectivity index (χ1n) is 5.00. The molecule has 88 valence electrons. The van der Waals surface area contributed by atoms with E-state index in [4.69, 9.17) is 5.73 Å². The zero-order valence-electron chi connectivity index (χ0n) is 9.17. The van der Waals surface area contributed by atoms with Gasteiger partial charge in [-0.1, -0.05) is 0 Å². The van der Waals surface area contributed by atoms with Crippen molar-refractivity contribution in [1.29, 1.82) is 0 Å². The Morgan fingerprint density at radius 3 is 2.76 bits per heavy atom. The summed E-state index contributed by atoms with van der Waals surface area (Å²) in [6.45, 7) is 1.88. The molecule has 0 bridgehead atoms. The Balaban J connectivity index is 2.25. The number of rotatable bonds is 2. The van der Waals surface area contributed by atoms with Crippen LogP contribution in [0.1, 0.15) is 5.56 Å². The maximum absolute atomic E-state index is 13.3. The summed E-state index contributed by atoms with van der Waals surface area (Å²) in [6, 6.07) is 6.50. The van der Waals surface area contributed by atoms with Gasteiger partial charge in [0.05, 0.1) is 4.47 Å². The number of hydrogen-bond donors (Lipinski definition) is 2. The fourth-order valence-corrected chi connectivity index (χ4v) is 1.58. The Morgan fingerprint density at radius 2 is 2.12 bits per heavy atom. The molecule has 0 atom stereocenters. The third-order valence-electron chi connectivity index (χ3n) is 2.34. The predicted octanol–water partition coefficient (Wildman–Crippen LogP) is 3.62. The maximum Gasteiger partial charge on any atom is 0.139 e. The lowest BCUT2D eigenvalue weighted by atomic mass is 10.2. The van der Waals surface area contributed by atoms with Crippen molar-refractivity contribution < 1.29 is 4.39 Å². The Labute approximate surface area is 107 Å². The fourth-order valence-electron chi connectivity index (χ4n) is 1.33. The van der Waals surface area contributed by atoms with Crippen molar-refractivity contribution in [2.45, 2.75) is 6.92 Å². The molecule has 0 unspecified atom stereocenters. The van der Waals surface area contributed by atoms with Gasteiger partial charge in [-0.3, -0.25) is 0 Å². The molecule has 3 N–H and O–H groups in total. The van der Waals surface area contributed by atoms with E-state index < -0.39 is 0 Å². The molecule has 1 aromatic carbocycles. The Hall–Kier alpha value is -1.62. The zero-order valence-corrected chi connectivity index (χ0v) is 10.8. The minimum absolute atomic E-state index is 0.324. The van der Waals surface area contributed by atoms with Crippen LogP contribution >= 0.6 is 15.9 Å². The molecule has 0 fully saturated rings. The molecule has 0 radical (unpaired) electrons. The number of anilines is 3. The molecule has 0 spiro atoms. The number of nitrogens with one attached hydrogen (secondary N) is 1. The van der Waals surface area contributed by atoms with Crippen LogP contribution in [0.2, 0.25) is 0 Å². The lowest BCUT2D eigenvalue weighted by Crippen LogP contribution is -1.97. The number of aromatic nitrogens is 1. The molecule has 0 aliphatic carbocycles. The second-order valence-corrected chi connectivity index (χ2v) is 4.53. The summed E-state index contributed by atoms with van der Waals surface area (Å²) in [4.78, 5) is 4.16. The van der Waals surface area contributed by atoms with E-state index in [1.54, 1.807) is 24.4 Å². The predicted molar refractivity (Wildman–Crippen MR) is 70.8 cm³/mol. The van der Waals surface area contributed by atoms with Gasteiger partial charge in [0.15, 0.2) is 0 Å². The quantitative estimate of drug-likeness (QED) is 0.890. The molecule has 0 aliphatic heterocycles. The fraction of sp³-hybridized carbons (Fsp3) is 0.0833. The van der Waals surface area contributed by atoms with Gasteiger partial charge in [-0.15, -0.1) is 0 Å². The van der Waals surface area contributed by atoms with Crippen molar-refractivity contribution in [2.75, 3.05) is 11.1 Å². The third kappa shape index (κ3) is 2.74. The van der Waals surface area contributed by atoms with E-state index in [1.165, 1.54) is 6.07 Å². The van der Waals surface area contributed by atoms with E-state index >= 15 is 0 Å². The highest BCUT2D eigenvalue weighted by Crippen LogP contribution is 2.23. The summed E-state index contributed by atoms with van der Waals surface area (Å²) in [5, 5.41) is 2.99. The first-order chi connectivity index (χ1) is 8.06. The highest BCUT2D eigenvalue weighted by Gasteiger charge is 2.02. The average molecular weight is 296 g/mol. The van der Waals surface area contributed by atoms with E-state index in [1.807, 2.05) is 6.92 Å². The number of pyridine rings is 1. The number of hydrogen-bond acceptors (Lipinski definition) is 3. The highest BCUT2D eigenvalue weighted by molar-refractivity contribution is 9.10. The van der Waals surface area contributed by atoms with Crippen LogP contribution in [0.25, 0.3) is 0 Å². The van der Waals surface area contributed by atoms with Crippen LogP contribution in [0.4, 0.5) is 21.6 Å². The second-order valence-electron chi connectivity index (χ2n) is 3.68. The standard InChI is InChI=1S/C12H11BrFN3/c1-7-6-16-12(5-11(7)15)17-8-2-3-9(13)10(14)4-8/h2-6H,1H3,(H3,15,16,17). The number of aryl methyl sites for hydroxylation is 1. The summed E-state index contributed by atoms with van der Waals surface area (Å²) >= 11 is 3.10. The molecule has 1 aromatic heterocycles. The van der Waals surface area contributed by atoms with E-state index in [0.29, 0.717) is 21.7 Å². The minimum Gasteiger partial charge on any atom is -0.398 e. The Morgan fingerprint density at radius 1 is 1.35 bits per heavy atom. The van der Waals surface area contributed by atoms with Crippen molar-refractivity contribution in [3.05, 3.63) is 46.3 Å². The van der Waals surface area contributed by atoms with Crippen molar-refractivity contribution in [2.24, 2.45) is 0 Å². The summed E-state index contributed by atoms with van der Waals surface area (Å²) in [5.74, 6) is 0.268. The van der Waals surface area contributed by atoms with Crippen LogP contribution in [0.5, 0.6) is 0 Å². The first-order valence-corrected chi connectivity index (χ1v) is 5.80. The second kappa shape index (κ2) is 4.71. The molecule has 0 saturated heterocycles. The zero-order chi connectivity index (χ0) is 12.4. The van der Waals surface area contributed by atoms with E-state index in [-0.39, 0.29) is 5.82 Å². The Bertz CT molecular complexity index is 508. The van der Waals surface area contributed by atoms with E-state index in [9.17, 15) is 4.39 Å². The van der Waals surface area contributed by atoms with Crippen LogP contribution < -0.4 is 11.1 Å². The number of halogens is 2. The highest BCUT2D eigenvalue weighted by atomic mass is 79.9. The van der Waals surface area contributed by atoms with Gasteiger partial charge in [0.2, 0.25) is 0 Å². The van der Waals surface area contributed by atoms with Gasteiger partial charge < -0.3 is 11.1 Å². The molecule has 0 amide bonds. The molecular formula is C12H11BrFN3. The van der Waals surface area contributed by atoms with Gasteiger partial charge in [0, 0.05) is 23.6 Å². The summed E-state index contributed by atoms with van der Waals surface area (Å²) < 4.78 is 13.7. The number of benzene rings is 1. The minimum atomic E-state index is -0.324. The molecule has 5 heteroatoms. The monoisotopic (exact) mass is 295 g/mol. The lowest BCUT2D eigenvalue weighted by Gasteiger charge is -2.08. The summed E-state index contributed by atoms with van der Waals surface area (Å²) in [7, 11) is 0. The summed E-state index contributed by atoms with van der Waals surface area (Å²) in [6.07, 6.45) is 1.67. The van der Waals surface area contributed by atoms with Crippen LogP contribution in [-0.2, 0) is 0 Å². The maximum atomic E-state index is 13.3. The van der Waals surface area contributed by atoms with Crippen LogP contribution in [0, 0.1) is 12.7 Å². The van der Waals surface area contributed by atoms with Crippen molar-refractivity contribution >= 4 is 33.1 Å². The smallest absolute Gasteiger partial charge is 0.139 e. The molecule has 17 heavy (non-hydrogen) atoms. The SMILES string of the molecule is Cc1cnc(Nc2ccc(Br)c(F)c2)cc1N. The van der Waals surface area contributed by atoms with Crippen molar-refractivity contribution in [1.82, 2.24) is 4.98 Å². The van der Waals surface area contributed by atoms with Crippen molar-refractivity contribution in [3.8, 4) is 0 Å². The van der Waals surface area contributed by atoms with Gasteiger partial charge in [-0.25, -0.2) is 9.37 Å². The molecule has 0 aliphatic rings. The largest absolute Gasteiger partial charge is 0.398 e. The molecule has 2 aromatic rings. The van der Waals surface area contributed by atoms with Gasteiger partial charge in [-0.05, 0) is 46.6 Å². The molecular weight excluding hydrogens is 285 g/mol. The average Bonchev–Trinajstić information content (AvgIpc) is 2.29. The third-order valence-corrected chi connectivity index (χ3v) is 2.98. The molecule has 2 rings (SSSR count). The summed E-state index contributed by atoms with van der Waals surface area (Å²) in [5.41, 5.74) is 7.96.